The monoisotopic (exact) mass is 1070 g/mol. The number of pyridine rings is 2. The molecule has 0 radical (unpaired) electrons. The van der Waals surface area contributed by atoms with Crippen LogP contribution in [0.2, 0.25) is 0 Å². The molecule has 0 amide bonds. The van der Waals surface area contributed by atoms with Gasteiger partial charge in [0.25, 0.3) is 0 Å². The molecule has 0 bridgehead atoms. The van der Waals surface area contributed by atoms with Crippen LogP contribution in [0.25, 0.3) is 20.4 Å². The number of benzene rings is 3. The van der Waals surface area contributed by atoms with Crippen LogP contribution in [0.3, 0.4) is 0 Å². The summed E-state index contributed by atoms with van der Waals surface area (Å²) in [5, 5.41) is 5.55. The topological polar surface area (TPSA) is 116 Å². The predicted molar refractivity (Wildman–Crippen MR) is 286 cm³/mol. The van der Waals surface area contributed by atoms with E-state index in [0.29, 0.717) is 18.7 Å². The number of piperazine rings is 2. The number of thiol groups is 1. The second-order valence-corrected chi connectivity index (χ2v) is 19.3. The zero-order valence-corrected chi connectivity index (χ0v) is 42.3. The quantitative estimate of drug-likeness (QED) is 0.0359. The van der Waals surface area contributed by atoms with Gasteiger partial charge in [0.2, 0.25) is 5.24 Å². The molecule has 2 aliphatic heterocycles. The van der Waals surface area contributed by atoms with Gasteiger partial charge in [0, 0.05) is 100 Å². The number of anilines is 3. The summed E-state index contributed by atoms with van der Waals surface area (Å²) in [6, 6.07) is 36.4. The summed E-state index contributed by atoms with van der Waals surface area (Å²) in [4.78, 5) is 36.0. The van der Waals surface area contributed by atoms with E-state index in [1.165, 1.54) is 36.7 Å². The lowest BCUT2D eigenvalue weighted by Crippen LogP contribution is -2.46. The number of hydrogen-bond acceptors (Lipinski definition) is 13. The largest absolute Gasteiger partial charge is 0.398 e. The van der Waals surface area contributed by atoms with Gasteiger partial charge in [-0.15, -0.1) is 46.9 Å². The molecule has 0 saturated carbocycles. The Morgan fingerprint density at radius 3 is 1.66 bits per heavy atom. The molecule has 4 aromatic heterocycles. The summed E-state index contributed by atoms with van der Waals surface area (Å²) in [7, 11) is 0. The fourth-order valence-electron chi connectivity index (χ4n) is 6.60. The molecule has 7 aromatic rings. The van der Waals surface area contributed by atoms with Crippen molar-refractivity contribution in [2.75, 3.05) is 84.7 Å². The molecule has 340 valence electrons. The third-order valence-corrected chi connectivity index (χ3v) is 13.8. The highest BCUT2D eigenvalue weighted by atomic mass is 127. The maximum atomic E-state index is 9.91. The number of para-hydroxylation sites is 3. The fourth-order valence-corrected chi connectivity index (χ4v) is 9.42. The maximum Gasteiger partial charge on any atom is 0.221 e. The molecule has 10 nitrogen and oxygen atoms in total. The van der Waals surface area contributed by atoms with Gasteiger partial charge in [0.05, 0.1) is 30.4 Å². The Labute approximate surface area is 415 Å². The first-order valence-corrected chi connectivity index (χ1v) is 26.1. The van der Waals surface area contributed by atoms with Crippen molar-refractivity contribution < 1.29 is 4.79 Å². The smallest absolute Gasteiger partial charge is 0.221 e. The molecule has 2 aliphatic rings. The number of nitrogens with two attached hydrogens (primary N) is 1. The van der Waals surface area contributed by atoms with Crippen molar-refractivity contribution in [3.8, 4) is 0 Å². The van der Waals surface area contributed by atoms with Crippen LogP contribution in [0.4, 0.5) is 17.3 Å². The highest BCUT2D eigenvalue weighted by Crippen LogP contribution is 2.24. The highest BCUT2D eigenvalue weighted by molar-refractivity contribution is 14.1. The molecule has 0 atom stereocenters. The molecular formula is C48H58Cl2IN9OS3. The van der Waals surface area contributed by atoms with Gasteiger partial charge in [-0.1, -0.05) is 71.1 Å². The van der Waals surface area contributed by atoms with Crippen molar-refractivity contribution in [3.63, 3.8) is 0 Å². The lowest BCUT2D eigenvalue weighted by molar-refractivity contribution is -0.111. The number of nitrogens with zero attached hydrogens (tertiary/aromatic N) is 7. The fraction of sp³-hybridized carbons (Fsp3) is 0.354. The summed E-state index contributed by atoms with van der Waals surface area (Å²) in [6.07, 6.45) is 9.43. The van der Waals surface area contributed by atoms with Crippen LogP contribution in [-0.4, -0.2) is 99.3 Å². The number of carbonyl (C=O) groups is 1. The van der Waals surface area contributed by atoms with E-state index in [-0.39, 0.29) is 5.24 Å². The van der Waals surface area contributed by atoms with Crippen LogP contribution in [0.1, 0.15) is 35.7 Å². The average molecular weight is 1070 g/mol. The third-order valence-electron chi connectivity index (χ3n) is 9.95. The Morgan fingerprint density at radius 1 is 0.688 bits per heavy atom. The van der Waals surface area contributed by atoms with E-state index in [4.69, 9.17) is 33.9 Å². The number of aryl methyl sites for hydroxylation is 2. The van der Waals surface area contributed by atoms with Crippen molar-refractivity contribution in [1.29, 1.82) is 0 Å². The maximum absolute atomic E-state index is 9.91. The number of alkyl halides is 2. The molecule has 3 aromatic carbocycles. The molecule has 6 heterocycles. The van der Waals surface area contributed by atoms with E-state index in [1.807, 2.05) is 83.6 Å². The minimum atomic E-state index is -0.305. The molecule has 2 fully saturated rings. The number of fused-ring (bicyclic) bond motifs is 2. The van der Waals surface area contributed by atoms with Crippen LogP contribution >= 0.6 is 81.1 Å². The summed E-state index contributed by atoms with van der Waals surface area (Å²) >= 11 is 20.3. The van der Waals surface area contributed by atoms with Gasteiger partial charge in [-0.3, -0.25) is 9.69 Å². The number of nitrogen functional groups attached to an aromatic ring is 1. The standard InChI is InChI=1S/C19H22N4S.C10H10INS.C9H13N3.C6H7NS.C4H6Cl2O/c1-2-7-17-16(6-1)21-19(24-17)9-5-11-22-12-14-23(15-13-22)18-8-3-4-10-20-18;11-7-3-6-10-12-8-4-1-2-5-9(8)13-10;1-2-4-11-9(3-1)12-7-5-10-6-8-12;7-5-3-1-2-4-6(5)8;5-3-1-2-4(6)7/h1-4,6-8,10H,5,9,11-15H2;1-2,4-5H,3,6-7H2;1-4,10H,5-8H2;1-4,8H,7H2;1-3H2. The number of thiazole rings is 2. The molecule has 0 aliphatic carbocycles. The zero-order valence-electron chi connectivity index (χ0n) is 36.1. The van der Waals surface area contributed by atoms with Crippen molar-refractivity contribution in [1.82, 2.24) is 30.2 Å². The van der Waals surface area contributed by atoms with Gasteiger partial charge in [0.1, 0.15) is 11.6 Å². The van der Waals surface area contributed by atoms with Gasteiger partial charge < -0.3 is 20.9 Å². The van der Waals surface area contributed by atoms with Crippen LogP contribution in [0.15, 0.2) is 126 Å². The lowest BCUT2D eigenvalue weighted by Gasteiger charge is -2.35. The molecule has 64 heavy (non-hydrogen) atoms. The number of rotatable bonds is 12. The third kappa shape index (κ3) is 18.7. The van der Waals surface area contributed by atoms with Crippen LogP contribution in [-0.2, 0) is 17.6 Å². The van der Waals surface area contributed by atoms with E-state index in [9.17, 15) is 4.79 Å². The normalized spacial score (nSPS) is 13.6. The molecular weight excluding hydrogens is 1010 g/mol. The molecule has 2 saturated heterocycles. The first kappa shape index (κ1) is 51.4. The Bertz CT molecular complexity index is 2260. The molecule has 0 unspecified atom stereocenters. The minimum Gasteiger partial charge on any atom is -0.398 e. The number of carbonyl (C=O) groups excluding carboxylic acids is 1. The van der Waals surface area contributed by atoms with Gasteiger partial charge in [-0.25, -0.2) is 19.9 Å². The number of halogens is 3. The second-order valence-electron chi connectivity index (χ2n) is 14.7. The zero-order chi connectivity index (χ0) is 45.2. The van der Waals surface area contributed by atoms with E-state index in [1.54, 1.807) is 0 Å². The van der Waals surface area contributed by atoms with Crippen LogP contribution in [0.5, 0.6) is 0 Å². The predicted octanol–water partition coefficient (Wildman–Crippen LogP) is 10.9. The van der Waals surface area contributed by atoms with Gasteiger partial charge in [0.15, 0.2) is 0 Å². The number of nitrogens with one attached hydrogen (secondary N) is 1. The van der Waals surface area contributed by atoms with Crippen molar-refractivity contribution >= 4 is 124 Å². The SMILES string of the molecule is ICCCc1nc2ccccc2s1.Nc1ccccc1S.O=C(Cl)CCCCl.c1ccc(N2CCN(CCCc3nc4ccccc4s3)CC2)nc1.c1ccc(N2CCNCC2)nc1. The van der Waals surface area contributed by atoms with Crippen LogP contribution in [0, 0.1) is 0 Å². The number of aromatic nitrogens is 4. The summed E-state index contributed by atoms with van der Waals surface area (Å²) < 4.78 is 3.83. The van der Waals surface area contributed by atoms with Crippen molar-refractivity contribution in [2.45, 2.75) is 43.4 Å². The Hall–Kier alpha value is -3.61. The lowest BCUT2D eigenvalue weighted by atomic mass is 10.2. The summed E-state index contributed by atoms with van der Waals surface area (Å²) in [6.45, 7) is 9.80. The Kier molecular flexibility index (Phi) is 23.9. The highest BCUT2D eigenvalue weighted by Gasteiger charge is 2.17. The molecule has 3 N–H and O–H groups in total. The summed E-state index contributed by atoms with van der Waals surface area (Å²) in [5.74, 6) is 2.71. The second kappa shape index (κ2) is 29.8. The first-order valence-electron chi connectivity index (χ1n) is 21.6. The van der Waals surface area contributed by atoms with Crippen molar-refractivity contribution in [3.05, 3.63) is 132 Å². The molecule has 9 rings (SSSR count). The van der Waals surface area contributed by atoms with Gasteiger partial charge >= 0.3 is 0 Å². The van der Waals surface area contributed by atoms with E-state index in [0.717, 1.165) is 105 Å². The van der Waals surface area contributed by atoms with Gasteiger partial charge in [-0.2, -0.15) is 0 Å². The van der Waals surface area contributed by atoms with Crippen molar-refractivity contribution in [2.24, 2.45) is 0 Å². The Morgan fingerprint density at radius 2 is 1.20 bits per heavy atom. The summed E-state index contributed by atoms with van der Waals surface area (Å²) in [5.41, 5.74) is 8.46. The van der Waals surface area contributed by atoms with E-state index < -0.39 is 0 Å². The minimum absolute atomic E-state index is 0.305. The average Bonchev–Trinajstić information content (AvgIpc) is 3.97. The molecule has 0 spiro atoms. The van der Waals surface area contributed by atoms with Crippen LogP contribution < -0.4 is 20.9 Å². The Balaban J connectivity index is 0.000000164. The van der Waals surface area contributed by atoms with E-state index in [2.05, 4.69) is 131 Å². The number of hydrogen-bond donors (Lipinski definition) is 3. The van der Waals surface area contributed by atoms with E-state index >= 15 is 0 Å². The molecule has 16 heteroatoms. The van der Waals surface area contributed by atoms with Gasteiger partial charge in [-0.05, 0) is 102 Å². The first-order chi connectivity index (χ1) is 31.3.